The molecular formula is C14H16N2O3. The van der Waals surface area contributed by atoms with E-state index in [0.29, 0.717) is 5.69 Å². The monoisotopic (exact) mass is 260 g/mol. The molecule has 5 nitrogen and oxygen atoms in total. The third kappa shape index (κ3) is 3.93. The van der Waals surface area contributed by atoms with Gasteiger partial charge in [0, 0.05) is 11.8 Å². The van der Waals surface area contributed by atoms with Crippen LogP contribution in [0.2, 0.25) is 0 Å². The minimum Gasteiger partial charge on any atom is -0.478 e. The van der Waals surface area contributed by atoms with Crippen molar-refractivity contribution in [2.75, 3.05) is 11.9 Å². The van der Waals surface area contributed by atoms with Crippen LogP contribution < -0.4 is 10.6 Å². The topological polar surface area (TPSA) is 78.4 Å². The van der Waals surface area contributed by atoms with E-state index in [2.05, 4.69) is 10.6 Å². The minimum atomic E-state index is -0.996. The molecule has 100 valence electrons. The summed E-state index contributed by atoms with van der Waals surface area (Å²) in [6.45, 7) is 0.874. The molecule has 5 heteroatoms. The van der Waals surface area contributed by atoms with Crippen LogP contribution in [0.25, 0.3) is 6.08 Å². The maximum atomic E-state index is 11.9. The lowest BCUT2D eigenvalue weighted by atomic mass is 10.1. The van der Waals surface area contributed by atoms with E-state index in [0.717, 1.165) is 31.0 Å². The second-order valence-corrected chi connectivity index (χ2v) is 4.44. The molecule has 0 bridgehead atoms. The summed E-state index contributed by atoms with van der Waals surface area (Å²) in [5, 5.41) is 14.5. The number of hydrogen-bond donors (Lipinski definition) is 3. The van der Waals surface area contributed by atoms with E-state index in [4.69, 9.17) is 5.11 Å². The zero-order chi connectivity index (χ0) is 13.7. The van der Waals surface area contributed by atoms with Gasteiger partial charge in [0.1, 0.15) is 0 Å². The van der Waals surface area contributed by atoms with E-state index in [1.165, 1.54) is 6.08 Å². The number of nitrogens with one attached hydrogen (secondary N) is 2. The highest BCUT2D eigenvalue weighted by molar-refractivity contribution is 5.95. The molecule has 0 unspecified atom stereocenters. The molecule has 1 aromatic rings. The van der Waals surface area contributed by atoms with Crippen LogP contribution in [0.3, 0.4) is 0 Å². The second-order valence-electron chi connectivity index (χ2n) is 4.44. The summed E-state index contributed by atoms with van der Waals surface area (Å²) < 4.78 is 0. The fourth-order valence-electron chi connectivity index (χ4n) is 2.03. The van der Waals surface area contributed by atoms with Crippen molar-refractivity contribution in [2.24, 2.45) is 0 Å². The number of hydrogen-bond acceptors (Lipinski definition) is 3. The van der Waals surface area contributed by atoms with Gasteiger partial charge in [0.25, 0.3) is 0 Å². The van der Waals surface area contributed by atoms with Gasteiger partial charge in [-0.15, -0.1) is 0 Å². The first-order valence-electron chi connectivity index (χ1n) is 6.20. The average molecular weight is 260 g/mol. The molecule has 1 aliphatic rings. The smallest absolute Gasteiger partial charge is 0.328 e. The zero-order valence-corrected chi connectivity index (χ0v) is 10.4. The highest BCUT2D eigenvalue weighted by Gasteiger charge is 2.21. The van der Waals surface area contributed by atoms with Gasteiger partial charge in [-0.05, 0) is 43.2 Å². The lowest BCUT2D eigenvalue weighted by Crippen LogP contribution is -2.35. The van der Waals surface area contributed by atoms with Crippen molar-refractivity contribution in [1.82, 2.24) is 5.32 Å². The number of amides is 1. The van der Waals surface area contributed by atoms with E-state index in [1.807, 2.05) is 0 Å². The van der Waals surface area contributed by atoms with E-state index in [9.17, 15) is 9.59 Å². The highest BCUT2D eigenvalue weighted by atomic mass is 16.4. The van der Waals surface area contributed by atoms with Crippen molar-refractivity contribution < 1.29 is 14.7 Å². The molecule has 0 aliphatic carbocycles. The van der Waals surface area contributed by atoms with Crippen LogP contribution >= 0.6 is 0 Å². The molecule has 1 aromatic carbocycles. The van der Waals surface area contributed by atoms with Gasteiger partial charge >= 0.3 is 5.97 Å². The summed E-state index contributed by atoms with van der Waals surface area (Å²) in [6, 6.07) is 6.96. The lowest BCUT2D eigenvalue weighted by molar-refractivity contribution is -0.131. The van der Waals surface area contributed by atoms with Crippen LogP contribution in [0.5, 0.6) is 0 Å². The van der Waals surface area contributed by atoms with E-state index in [-0.39, 0.29) is 11.9 Å². The van der Waals surface area contributed by atoms with Crippen molar-refractivity contribution in [1.29, 1.82) is 0 Å². The van der Waals surface area contributed by atoms with Gasteiger partial charge in [0.2, 0.25) is 5.91 Å². The number of carbonyl (C=O) groups excluding carboxylic acids is 1. The maximum Gasteiger partial charge on any atom is 0.328 e. The lowest BCUT2D eigenvalue weighted by Gasteiger charge is -2.11. The van der Waals surface area contributed by atoms with E-state index < -0.39 is 5.97 Å². The molecule has 0 aromatic heterocycles. The van der Waals surface area contributed by atoms with Crippen molar-refractivity contribution in [3.05, 3.63) is 35.9 Å². The van der Waals surface area contributed by atoms with Gasteiger partial charge in [-0.2, -0.15) is 0 Å². The van der Waals surface area contributed by atoms with Crippen LogP contribution in [0.15, 0.2) is 30.3 Å². The Morgan fingerprint density at radius 3 is 2.95 bits per heavy atom. The summed E-state index contributed by atoms with van der Waals surface area (Å²) in [5.41, 5.74) is 1.41. The summed E-state index contributed by atoms with van der Waals surface area (Å²) in [7, 11) is 0. The number of carbonyl (C=O) groups is 2. The first kappa shape index (κ1) is 13.3. The van der Waals surface area contributed by atoms with Crippen LogP contribution in [0.4, 0.5) is 5.69 Å². The minimum absolute atomic E-state index is 0.0446. The maximum absolute atomic E-state index is 11.9. The Hall–Kier alpha value is -2.14. The van der Waals surface area contributed by atoms with Crippen LogP contribution in [-0.2, 0) is 9.59 Å². The molecule has 2 rings (SSSR count). The predicted molar refractivity (Wildman–Crippen MR) is 72.8 cm³/mol. The Labute approximate surface area is 111 Å². The third-order valence-corrected chi connectivity index (χ3v) is 2.95. The van der Waals surface area contributed by atoms with Crippen LogP contribution in [0, 0.1) is 0 Å². The van der Waals surface area contributed by atoms with Crippen molar-refractivity contribution >= 4 is 23.6 Å². The molecule has 1 atom stereocenters. The summed E-state index contributed by atoms with van der Waals surface area (Å²) >= 11 is 0. The molecule has 19 heavy (non-hydrogen) atoms. The molecule has 1 fully saturated rings. The number of aliphatic carboxylic acids is 1. The number of carboxylic acids is 1. The quantitative estimate of drug-likeness (QED) is 0.716. The highest BCUT2D eigenvalue weighted by Crippen LogP contribution is 2.14. The van der Waals surface area contributed by atoms with Crippen molar-refractivity contribution in [2.45, 2.75) is 18.9 Å². The van der Waals surface area contributed by atoms with E-state index >= 15 is 0 Å². The zero-order valence-electron chi connectivity index (χ0n) is 10.4. The Balaban J connectivity index is 2.02. The summed E-state index contributed by atoms with van der Waals surface area (Å²) in [6.07, 6.45) is 4.43. The van der Waals surface area contributed by atoms with Crippen molar-refractivity contribution in [3.8, 4) is 0 Å². The van der Waals surface area contributed by atoms with Gasteiger partial charge in [-0.3, -0.25) is 4.79 Å². The van der Waals surface area contributed by atoms with Gasteiger partial charge in [-0.25, -0.2) is 4.79 Å². The molecular weight excluding hydrogens is 244 g/mol. The molecule has 0 radical (unpaired) electrons. The average Bonchev–Trinajstić information content (AvgIpc) is 2.91. The molecule has 1 saturated heterocycles. The third-order valence-electron chi connectivity index (χ3n) is 2.95. The fourth-order valence-corrected chi connectivity index (χ4v) is 2.03. The normalized spacial score (nSPS) is 18.6. The number of benzene rings is 1. The van der Waals surface area contributed by atoms with Gasteiger partial charge in [-0.1, -0.05) is 12.1 Å². The Bertz CT molecular complexity index is 505. The van der Waals surface area contributed by atoms with Crippen molar-refractivity contribution in [3.63, 3.8) is 0 Å². The summed E-state index contributed by atoms with van der Waals surface area (Å²) in [5.74, 6) is -1.04. The molecule has 1 amide bonds. The Morgan fingerprint density at radius 1 is 1.42 bits per heavy atom. The van der Waals surface area contributed by atoms with Gasteiger partial charge < -0.3 is 15.7 Å². The number of rotatable bonds is 4. The fraction of sp³-hybridized carbons (Fsp3) is 0.286. The molecule has 1 aliphatic heterocycles. The van der Waals surface area contributed by atoms with E-state index in [1.54, 1.807) is 24.3 Å². The molecule has 1 heterocycles. The predicted octanol–water partition coefficient (Wildman–Crippen LogP) is 1.47. The van der Waals surface area contributed by atoms with Crippen LogP contribution in [0.1, 0.15) is 18.4 Å². The first-order chi connectivity index (χ1) is 9.15. The standard InChI is InChI=1S/C14H16N2O3/c17-13(18)7-6-10-3-1-4-11(9-10)16-14(19)12-5-2-8-15-12/h1,3-4,6-7,9,12,15H,2,5,8H2,(H,16,19)(H,17,18)/b7-6+/t12-/m1/s1. The molecule has 3 N–H and O–H groups in total. The molecule has 0 spiro atoms. The largest absolute Gasteiger partial charge is 0.478 e. The van der Waals surface area contributed by atoms with Crippen LogP contribution in [-0.4, -0.2) is 29.6 Å². The van der Waals surface area contributed by atoms with Gasteiger partial charge in [0.05, 0.1) is 6.04 Å². The number of carboxylic acid groups (broad SMARTS) is 1. The first-order valence-corrected chi connectivity index (χ1v) is 6.20. The number of anilines is 1. The Morgan fingerprint density at radius 2 is 2.26 bits per heavy atom. The SMILES string of the molecule is O=C(O)/C=C/c1cccc(NC(=O)[C@H]2CCCN2)c1. The second kappa shape index (κ2) is 6.15. The Kier molecular flexibility index (Phi) is 4.30. The summed E-state index contributed by atoms with van der Waals surface area (Å²) in [4.78, 5) is 22.4. The molecule has 0 saturated carbocycles. The van der Waals surface area contributed by atoms with Gasteiger partial charge in [0.15, 0.2) is 0 Å².